The zero-order chi connectivity index (χ0) is 105. The summed E-state index contributed by atoms with van der Waals surface area (Å²) in [6, 6.07) is 88.0. The van der Waals surface area contributed by atoms with Crippen LogP contribution in [0.4, 0.5) is 48.6 Å². The number of nitro benzene ring substituents is 1. The topological polar surface area (TPSA) is 389 Å². The summed E-state index contributed by atoms with van der Waals surface area (Å²) in [6.07, 6.45) is 0. The third-order valence-corrected chi connectivity index (χ3v) is 31.2. The van der Waals surface area contributed by atoms with Gasteiger partial charge in [-0.2, -0.15) is 0 Å². The number of carbonyl (C=O) groups is 5. The molecule has 0 fully saturated rings. The van der Waals surface area contributed by atoms with E-state index < -0.39 is 83.0 Å². The monoisotopic (exact) mass is 2170 g/mol. The lowest BCUT2D eigenvalue weighted by Crippen LogP contribution is -2.20. The maximum atomic E-state index is 13.9. The molecule has 0 spiro atoms. The number of hydrogen-bond donors (Lipinski definition) is 5. The van der Waals surface area contributed by atoms with Crippen LogP contribution >= 0.6 is 69.3 Å². The molecular weight excluding hydrogens is 2080 g/mol. The molecule has 16 rings (SSSR count). The summed E-state index contributed by atoms with van der Waals surface area (Å²) in [5.41, 5.74) is 5.43. The highest BCUT2D eigenvalue weighted by atomic mass is 35.5. The molecular formula is C106H87Cl5F2N7O19S6+. The first-order chi connectivity index (χ1) is 68.1. The number of non-ortho nitro benzene ring substituents is 1. The molecule has 0 amide bonds. The second kappa shape index (κ2) is 47.8. The fraction of sp³-hybridized carbons (Fsp3) is 0.0849. The maximum absolute atomic E-state index is 13.9. The van der Waals surface area contributed by atoms with Crippen molar-refractivity contribution in [3.63, 3.8) is 0 Å². The number of rotatable bonds is 29. The molecule has 0 unspecified atom stereocenters. The van der Waals surface area contributed by atoms with E-state index in [4.69, 9.17) is 62.7 Å². The highest BCUT2D eigenvalue weighted by molar-refractivity contribution is 7.95. The van der Waals surface area contributed by atoms with E-state index in [0.29, 0.717) is 65.9 Å². The number of carbonyl (C=O) groups excluding carboxylic acids is 5. The Morgan fingerprint density at radius 1 is 0.359 bits per heavy atom. The van der Waals surface area contributed by atoms with E-state index in [0.717, 1.165) is 57.6 Å². The van der Waals surface area contributed by atoms with Gasteiger partial charge in [-0.25, -0.2) is 50.9 Å². The number of thiophene rings is 1. The number of fused-ring (bicyclic) bond motifs is 1. The number of aryl methyl sites for hydroxylation is 4. The van der Waals surface area contributed by atoms with Crippen molar-refractivity contribution in [2.24, 2.45) is 0 Å². The van der Waals surface area contributed by atoms with Crippen LogP contribution in [0, 0.1) is 42.7 Å². The molecule has 0 aliphatic heterocycles. The van der Waals surface area contributed by atoms with Gasteiger partial charge in [0.05, 0.1) is 65.6 Å². The van der Waals surface area contributed by atoms with Crippen LogP contribution in [0.15, 0.2) is 370 Å². The van der Waals surface area contributed by atoms with E-state index in [1.165, 1.54) is 141 Å². The Labute approximate surface area is 865 Å². The van der Waals surface area contributed by atoms with E-state index >= 15 is 0 Å². The number of nitro groups is 1. The highest BCUT2D eigenvalue weighted by Crippen LogP contribution is 2.40. The first kappa shape index (κ1) is 111. The number of sulfonamides is 5. The summed E-state index contributed by atoms with van der Waals surface area (Å²) >= 11 is 31.4. The van der Waals surface area contributed by atoms with Gasteiger partial charge < -0.3 is 4.74 Å². The Bertz CT molecular complexity index is 8270. The molecule has 1 heterocycles. The lowest BCUT2D eigenvalue weighted by Gasteiger charge is -2.18. The van der Waals surface area contributed by atoms with Crippen LogP contribution in [-0.2, 0) is 56.0 Å². The molecule has 0 saturated heterocycles. The zero-order valence-electron chi connectivity index (χ0n) is 76.7. The fourth-order valence-electron chi connectivity index (χ4n) is 14.2. The van der Waals surface area contributed by atoms with Gasteiger partial charge in [0, 0.05) is 126 Å². The van der Waals surface area contributed by atoms with Crippen LogP contribution in [-0.4, -0.2) is 94.8 Å². The van der Waals surface area contributed by atoms with Gasteiger partial charge >= 0.3 is 0 Å². The number of nitrogens with one attached hydrogen (secondary N) is 5. The molecule has 5 N–H and O–H groups in total. The Hall–Kier alpha value is -14.5. The first-order valence-corrected chi connectivity index (χ1v) is 52.7. The lowest BCUT2D eigenvalue weighted by molar-refractivity contribution is -0.429. The normalized spacial score (nSPS) is 11.3. The Balaban J connectivity index is 0.000000172. The van der Waals surface area contributed by atoms with Gasteiger partial charge in [0.2, 0.25) is 0 Å². The SMILES string of the molecule is C.CC(F)(F)c1ccccc1S(=O)(=O)Nc1ccc(Cl)cc1C(=O)c1ccccc1.COc1ccccc1C(=O)c1cc(Cl)ccc1NS(=O)(=O)c1ccc([N+](=O)[O-])cc1.Cc1ccc(S(=O)(=O)Nc2ccc(Cl)cc2C(=O)c2ccccc2)cc1[N+](C)=O.Cc1ccc2sc(S(=O)(=O)Nc3ccc(Cl)cc3C(=O)c3ccccc3)c(C)c2c1.Cc1cccc(S(=O)(=O)Nc2ccc(Cl)cc2C(=O)c2ccccc2)c1. The number of nitroso groups, excluding NO2 is 1. The number of alkyl halides is 2. The fourth-order valence-corrected chi connectivity index (χ4v) is 22.6. The van der Waals surface area contributed by atoms with Crippen molar-refractivity contribution < 1.29 is 89.3 Å². The van der Waals surface area contributed by atoms with Crippen molar-refractivity contribution >= 4 is 198 Å². The summed E-state index contributed by atoms with van der Waals surface area (Å²) in [4.78, 5) is 85.7. The summed E-state index contributed by atoms with van der Waals surface area (Å²) in [6.45, 7) is 7.91. The van der Waals surface area contributed by atoms with Crippen LogP contribution in [0.5, 0.6) is 5.75 Å². The van der Waals surface area contributed by atoms with Gasteiger partial charge in [-0.3, -0.25) is 57.7 Å². The average Bonchev–Trinajstić information content (AvgIpc) is 1.57. The zero-order valence-corrected chi connectivity index (χ0v) is 85.3. The number of halogens is 7. The van der Waals surface area contributed by atoms with Crippen molar-refractivity contribution in [1.29, 1.82) is 0 Å². The molecule has 0 bridgehead atoms. The minimum Gasteiger partial charge on any atom is -0.496 e. The number of ketones is 5. The van der Waals surface area contributed by atoms with E-state index in [-0.39, 0.29) is 127 Å². The maximum Gasteiger partial charge on any atom is 0.271 e. The molecule has 145 heavy (non-hydrogen) atoms. The third-order valence-electron chi connectivity index (χ3n) is 21.3. The van der Waals surface area contributed by atoms with Gasteiger partial charge in [-0.05, 0) is 190 Å². The number of anilines is 5. The largest absolute Gasteiger partial charge is 0.496 e. The van der Waals surface area contributed by atoms with E-state index in [9.17, 15) is 89.9 Å². The summed E-state index contributed by atoms with van der Waals surface area (Å²) in [5.74, 6) is -4.97. The average molecular weight is 2170 g/mol. The number of ether oxygens (including phenoxy) is 1. The summed E-state index contributed by atoms with van der Waals surface area (Å²) in [7, 11) is -17.6. The van der Waals surface area contributed by atoms with Crippen LogP contribution < -0.4 is 28.3 Å². The molecule has 0 radical (unpaired) electrons. The van der Waals surface area contributed by atoms with Crippen LogP contribution in [0.2, 0.25) is 25.1 Å². The van der Waals surface area contributed by atoms with Crippen molar-refractivity contribution in [3.8, 4) is 5.75 Å². The number of nitrogens with zero attached hydrogens (tertiary/aromatic N) is 2. The second-order valence-corrected chi connectivity index (χ2v) is 43.5. The van der Waals surface area contributed by atoms with Gasteiger partial charge in [-0.15, -0.1) is 11.3 Å². The Morgan fingerprint density at radius 3 is 1.09 bits per heavy atom. The molecule has 1 aromatic heterocycles. The van der Waals surface area contributed by atoms with E-state index in [1.807, 2.05) is 44.2 Å². The molecule has 16 aromatic rings. The molecule has 26 nitrogen and oxygen atoms in total. The smallest absolute Gasteiger partial charge is 0.271 e. The summed E-state index contributed by atoms with van der Waals surface area (Å²) in [5, 5.41) is 13.2. The molecule has 0 aliphatic rings. The van der Waals surface area contributed by atoms with Gasteiger partial charge in [-0.1, -0.05) is 253 Å². The molecule has 744 valence electrons. The first-order valence-electron chi connectivity index (χ1n) is 42.6. The summed E-state index contributed by atoms with van der Waals surface area (Å²) < 4.78 is 176. The molecule has 0 aliphatic carbocycles. The number of methoxy groups -OCH3 is 1. The van der Waals surface area contributed by atoms with E-state index in [2.05, 4.69) is 23.6 Å². The Morgan fingerprint density at radius 2 is 0.703 bits per heavy atom. The van der Waals surface area contributed by atoms with Crippen molar-refractivity contribution in [2.45, 2.75) is 71.8 Å². The van der Waals surface area contributed by atoms with Crippen LogP contribution in [0.25, 0.3) is 10.1 Å². The number of benzene rings is 15. The molecule has 0 atom stereocenters. The highest BCUT2D eigenvalue weighted by Gasteiger charge is 2.35. The number of para-hydroxylation sites is 1. The third kappa shape index (κ3) is 28.1. The van der Waals surface area contributed by atoms with Crippen LogP contribution in [0.1, 0.15) is 122 Å². The lowest BCUT2D eigenvalue weighted by atomic mass is 10.0. The van der Waals surface area contributed by atoms with Crippen molar-refractivity contribution in [1.82, 2.24) is 0 Å². The standard InChI is InChI=1S/C23H18ClNO3S2.C21H16ClF2NO3S.C21H17ClN2O4S.C20H15ClN2O6S.C20H16ClNO3S.CH4/c1-14-8-11-21-18(12-14)15(2)23(29-21)30(27,28)25-20-10-9-17(24)13-19(20)22(26)16-6-4-3-5-7-16;1-21(23,24)17-9-5-6-10-19(17)29(27,28)25-18-12-11-15(22)13-16(18)20(26)14-7-3-2-4-8-14;1-14-8-10-17(13-20(14)24(2)26)29(27,28)23-19-11-9-16(22)12-18(19)21(25)15-6-4-3-5-7-15;1-29-19-5-3-2-4-16(19)20(24)17-12-13(21)6-11-18(17)22-30(27,28)15-9-7-14(8-10-15)23(25)26;1-14-6-5-9-17(12-14)26(24,25)22-19-11-10-16(21)13-18(19)20(23)15-7-3-2-4-8-15;/h3-13,25H,1-2H3;2-13,25H,1H3;3-13H,1-2H3;2-12,22H,1H3;2-13,22H,1H3;1H4/p+1. The minimum absolute atomic E-state index is 0. The van der Waals surface area contributed by atoms with Gasteiger partial charge in [0.25, 0.3) is 67.4 Å². The van der Waals surface area contributed by atoms with Crippen LogP contribution in [0.3, 0.4) is 0 Å². The number of hydrogen-bond acceptors (Lipinski definition) is 20. The predicted molar refractivity (Wildman–Crippen MR) is 566 cm³/mol. The van der Waals surface area contributed by atoms with Crippen molar-refractivity contribution in [3.05, 3.63) is 469 Å². The van der Waals surface area contributed by atoms with Crippen molar-refractivity contribution in [2.75, 3.05) is 37.8 Å². The predicted octanol–water partition coefficient (Wildman–Crippen LogP) is 26.0. The van der Waals surface area contributed by atoms with Gasteiger partial charge in [0.15, 0.2) is 36.0 Å². The second-order valence-electron chi connectivity index (χ2n) is 31.7. The Kier molecular flexibility index (Phi) is 36.5. The molecule has 39 heteroatoms. The quantitative estimate of drug-likeness (QED) is 0.0126. The van der Waals surface area contributed by atoms with E-state index in [1.54, 1.807) is 178 Å². The van der Waals surface area contributed by atoms with Gasteiger partial charge in [0.1, 0.15) is 9.96 Å². The minimum atomic E-state index is -4.40. The molecule has 0 saturated carbocycles. The molecule has 15 aromatic carbocycles.